The van der Waals surface area contributed by atoms with Gasteiger partial charge in [-0.25, -0.2) is 0 Å². The molecule has 0 saturated heterocycles. The van der Waals surface area contributed by atoms with Crippen LogP contribution in [0.5, 0.6) is 11.5 Å². The van der Waals surface area contributed by atoms with Crippen LogP contribution in [0.4, 0.5) is 0 Å². The molecule has 1 radical (unpaired) electrons. The Balaban J connectivity index is 0.00000156. The molecule has 0 atom stereocenters. The van der Waals surface area contributed by atoms with E-state index in [0.29, 0.717) is 0 Å². The van der Waals surface area contributed by atoms with E-state index < -0.39 is 13.6 Å². The Hall–Kier alpha value is -1.25. The third kappa shape index (κ3) is 2.62. The second-order valence-electron chi connectivity index (χ2n) is 5.93. The molecule has 1 heterocycles. The van der Waals surface area contributed by atoms with Crippen LogP contribution < -0.4 is 37.0 Å². The van der Waals surface area contributed by atoms with Gasteiger partial charge in [0.2, 0.25) is 0 Å². The van der Waals surface area contributed by atoms with Gasteiger partial charge in [-0.05, 0) is 0 Å². The van der Waals surface area contributed by atoms with Crippen molar-refractivity contribution in [3.05, 3.63) is 78.4 Å². The van der Waals surface area contributed by atoms with Crippen molar-refractivity contribution in [3.8, 4) is 11.5 Å². The van der Waals surface area contributed by atoms with Crippen molar-refractivity contribution in [2.75, 3.05) is 0 Å². The molecule has 0 unspecified atom stereocenters. The zero-order valence-electron chi connectivity index (χ0n) is 13.2. The Kier molecular flexibility index (Phi) is 4.57. The molecule has 0 aromatic heterocycles. The van der Waals surface area contributed by atoms with Crippen LogP contribution in [0, 0.1) is 6.92 Å². The number of hydrogen-bond donors (Lipinski definition) is 0. The molecule has 0 saturated carbocycles. The van der Waals surface area contributed by atoms with E-state index >= 15 is 0 Å². The van der Waals surface area contributed by atoms with Crippen molar-refractivity contribution in [2.24, 2.45) is 0 Å². The van der Waals surface area contributed by atoms with E-state index in [4.69, 9.17) is 4.74 Å². The van der Waals surface area contributed by atoms with Crippen LogP contribution in [-0.4, -0.2) is 18.3 Å². The average Bonchev–Trinajstić information content (AvgIpc) is 2.56. The largest absolute Gasteiger partial charge is 1.00 e. The molecule has 23 heavy (non-hydrogen) atoms. The van der Waals surface area contributed by atoms with E-state index in [1.165, 1.54) is 18.6 Å². The van der Waals surface area contributed by atoms with E-state index in [1.807, 2.05) is 0 Å². The molecular formula is C20H19AsIO. The third-order valence-electron chi connectivity index (χ3n) is 4.52. The summed E-state index contributed by atoms with van der Waals surface area (Å²) in [6.07, 6.45) is 0. The first-order valence-electron chi connectivity index (χ1n) is 7.54. The number of rotatable bonds is 1. The third-order valence-corrected chi connectivity index (χ3v) is 12.9. The van der Waals surface area contributed by atoms with Crippen molar-refractivity contribution >= 4 is 26.6 Å². The van der Waals surface area contributed by atoms with Gasteiger partial charge in [-0.1, -0.05) is 0 Å². The Labute approximate surface area is 157 Å². The second kappa shape index (κ2) is 6.33. The molecule has 0 aliphatic carbocycles. The molecule has 3 heteroatoms. The predicted octanol–water partition coefficient (Wildman–Crippen LogP) is 0.0672. The molecule has 0 bridgehead atoms. The van der Waals surface area contributed by atoms with Gasteiger partial charge in [-0.3, -0.25) is 0 Å². The van der Waals surface area contributed by atoms with Crippen LogP contribution in [0.25, 0.3) is 0 Å². The minimum Gasteiger partial charge on any atom is -1.00 e. The van der Waals surface area contributed by atoms with Gasteiger partial charge in [-0.2, -0.15) is 0 Å². The van der Waals surface area contributed by atoms with Crippen molar-refractivity contribution in [1.29, 1.82) is 0 Å². The van der Waals surface area contributed by atoms with E-state index in [2.05, 4.69) is 85.4 Å². The summed E-state index contributed by atoms with van der Waals surface area (Å²) in [5.41, 5.74) is 3.80. The molecule has 3 aromatic carbocycles. The molecule has 4 rings (SSSR count). The Morgan fingerprint density at radius 3 is 1.70 bits per heavy atom. The van der Waals surface area contributed by atoms with Gasteiger partial charge >= 0.3 is 134 Å². The van der Waals surface area contributed by atoms with Crippen molar-refractivity contribution < 1.29 is 28.7 Å². The number of halogens is 1. The van der Waals surface area contributed by atoms with Crippen LogP contribution in [-0.2, 0) is 0 Å². The van der Waals surface area contributed by atoms with Crippen molar-refractivity contribution in [2.45, 2.75) is 12.6 Å². The van der Waals surface area contributed by atoms with Crippen LogP contribution in [0.1, 0.15) is 5.56 Å². The average molecular weight is 477 g/mol. The van der Waals surface area contributed by atoms with E-state index in [0.717, 1.165) is 11.5 Å². The number of ether oxygens (including phenoxy) is 1. The molecular weight excluding hydrogens is 458 g/mol. The van der Waals surface area contributed by atoms with E-state index in [1.54, 1.807) is 0 Å². The zero-order chi connectivity index (χ0) is 15.2. The Morgan fingerprint density at radius 2 is 1.17 bits per heavy atom. The minimum atomic E-state index is -2.40. The number of hydrogen-bond acceptors (Lipinski definition) is 0. The van der Waals surface area contributed by atoms with Crippen LogP contribution in [0.15, 0.2) is 72.8 Å². The summed E-state index contributed by atoms with van der Waals surface area (Å²) in [6.45, 7) is 2.15. The molecule has 0 amide bonds. The molecule has 3 aromatic rings. The summed E-state index contributed by atoms with van der Waals surface area (Å²) >= 11 is -2.40. The van der Waals surface area contributed by atoms with Gasteiger partial charge < -0.3 is 24.0 Å². The van der Waals surface area contributed by atoms with Gasteiger partial charge in [0.05, 0.1) is 0 Å². The first-order chi connectivity index (χ1) is 10.7. The molecule has 1 aliphatic rings. The summed E-state index contributed by atoms with van der Waals surface area (Å²) in [5.74, 6) is 2.30. The molecule has 117 valence electrons. The summed E-state index contributed by atoms with van der Waals surface area (Å²) < 4.78 is 9.27. The number of aromatic hydroxyl groups is 2. The summed E-state index contributed by atoms with van der Waals surface area (Å²) in [4.78, 5) is 0. The maximum atomic E-state index is 4.89. The SMILES string of the molecule is Cc1ccc([As]2(C)c3ccccc3[OH+]c3ccccc32)cc1.[I-]. The van der Waals surface area contributed by atoms with Gasteiger partial charge in [0.25, 0.3) is 0 Å². The van der Waals surface area contributed by atoms with E-state index in [-0.39, 0.29) is 24.0 Å². The van der Waals surface area contributed by atoms with E-state index in [9.17, 15) is 0 Å². The van der Waals surface area contributed by atoms with Gasteiger partial charge in [-0.15, -0.1) is 0 Å². The summed E-state index contributed by atoms with van der Waals surface area (Å²) in [7, 11) is 0. The molecule has 1 nitrogen and oxygen atoms in total. The molecule has 0 fully saturated rings. The van der Waals surface area contributed by atoms with Crippen molar-refractivity contribution in [1.82, 2.24) is 0 Å². The monoisotopic (exact) mass is 477 g/mol. The number of fused-ring (bicyclic) bond motifs is 2. The fourth-order valence-corrected chi connectivity index (χ4v) is 10.6. The number of para-hydroxylation sites is 2. The predicted molar refractivity (Wildman–Crippen MR) is 95.7 cm³/mol. The molecule has 1 N–H and O–H groups in total. The summed E-state index contributed by atoms with van der Waals surface area (Å²) in [6, 6.07) is 26.4. The number of aryl methyl sites for hydroxylation is 1. The van der Waals surface area contributed by atoms with Crippen LogP contribution >= 0.6 is 0 Å². The first kappa shape index (κ1) is 16.6. The van der Waals surface area contributed by atoms with Gasteiger partial charge in [0.1, 0.15) is 0 Å². The Bertz CT molecular complexity index is 797. The quantitative estimate of drug-likeness (QED) is 0.268. The fourth-order valence-electron chi connectivity index (χ4n) is 3.25. The minimum absolute atomic E-state index is 0. The zero-order valence-corrected chi connectivity index (χ0v) is 17.2. The van der Waals surface area contributed by atoms with Crippen molar-refractivity contribution in [3.63, 3.8) is 0 Å². The second-order valence-corrected chi connectivity index (χ2v) is 13.3. The fraction of sp³-hybridized carbons (Fsp3) is 0.100. The van der Waals surface area contributed by atoms with Crippen LogP contribution in [0.3, 0.4) is 0 Å². The standard InChI is InChI=1S/C20H18AsO.HI/c1-15-11-13-16(14-12-15)21(2)17-7-3-5-9-19(17)22-20-10-6-4-8-18(20)21;/h3-14H,1-2H3;1H. The summed E-state index contributed by atoms with van der Waals surface area (Å²) in [5, 5.41) is 0. The maximum Gasteiger partial charge on any atom is -1.00 e. The number of benzene rings is 3. The molecule has 0 spiro atoms. The maximum absolute atomic E-state index is 4.89. The normalized spacial score (nSPS) is 14.0. The Morgan fingerprint density at radius 1 is 0.696 bits per heavy atom. The molecule has 1 aliphatic heterocycles. The smallest absolute Gasteiger partial charge is 1.00 e. The topological polar surface area (TPSA) is 12.8 Å². The van der Waals surface area contributed by atoms with Crippen LogP contribution in [0.2, 0.25) is 5.71 Å². The van der Waals surface area contributed by atoms with Gasteiger partial charge in [0, 0.05) is 0 Å². The van der Waals surface area contributed by atoms with Gasteiger partial charge in [0.15, 0.2) is 0 Å². The first-order valence-corrected chi connectivity index (χ1v) is 12.2.